The topological polar surface area (TPSA) is 55.8 Å². The van der Waals surface area contributed by atoms with Crippen molar-refractivity contribution >= 4 is 10.0 Å². The summed E-state index contributed by atoms with van der Waals surface area (Å²) in [5.41, 5.74) is -0.903. The molecule has 26 heavy (non-hydrogen) atoms. The number of sulfonamides is 1. The molecule has 0 spiro atoms. The fraction of sp³-hybridized carbons (Fsp3) is 0.294. The molecule has 1 unspecified atom stereocenters. The first-order valence-electron chi connectivity index (χ1n) is 7.70. The van der Waals surface area contributed by atoms with E-state index in [-0.39, 0.29) is 18.0 Å². The molecule has 5 nitrogen and oxygen atoms in total. The Labute approximate surface area is 149 Å². The molecule has 1 atom stereocenters. The first-order valence-corrected chi connectivity index (χ1v) is 9.14. The highest BCUT2D eigenvalue weighted by molar-refractivity contribution is 7.89. The number of nitrogens with zero attached hydrogens (tertiary/aromatic N) is 1. The van der Waals surface area contributed by atoms with Crippen molar-refractivity contribution in [2.45, 2.75) is 17.2 Å². The van der Waals surface area contributed by atoms with Gasteiger partial charge in [-0.2, -0.15) is 17.5 Å². The first-order chi connectivity index (χ1) is 12.2. The number of benzene rings is 2. The van der Waals surface area contributed by atoms with Crippen LogP contribution in [0.5, 0.6) is 11.5 Å². The zero-order valence-corrected chi connectivity index (χ0v) is 14.5. The third-order valence-electron chi connectivity index (χ3n) is 3.92. The van der Waals surface area contributed by atoms with Crippen LogP contribution >= 0.6 is 0 Å². The van der Waals surface area contributed by atoms with Gasteiger partial charge in [0.2, 0.25) is 10.0 Å². The van der Waals surface area contributed by atoms with Crippen LogP contribution in [0, 0.1) is 0 Å². The monoisotopic (exact) mass is 387 g/mol. The van der Waals surface area contributed by atoms with Crippen LogP contribution in [-0.2, 0) is 16.2 Å². The lowest BCUT2D eigenvalue weighted by molar-refractivity contribution is -0.137. The van der Waals surface area contributed by atoms with E-state index in [0.29, 0.717) is 11.5 Å². The summed E-state index contributed by atoms with van der Waals surface area (Å²) in [7, 11) is -2.60. The number of hydrogen-bond acceptors (Lipinski definition) is 4. The lowest BCUT2D eigenvalue weighted by Gasteiger charge is -2.29. The molecule has 0 N–H and O–H groups in total. The van der Waals surface area contributed by atoms with Gasteiger partial charge < -0.3 is 9.47 Å². The molecule has 1 aliphatic heterocycles. The smallest absolute Gasteiger partial charge is 0.416 e. The minimum atomic E-state index is -4.52. The minimum absolute atomic E-state index is 0.00229. The molecule has 0 saturated carbocycles. The first kappa shape index (κ1) is 18.5. The van der Waals surface area contributed by atoms with E-state index in [9.17, 15) is 21.6 Å². The Morgan fingerprint density at radius 3 is 2.31 bits per heavy atom. The Morgan fingerprint density at radius 1 is 1.08 bits per heavy atom. The lowest BCUT2D eigenvalue weighted by Crippen LogP contribution is -2.41. The third-order valence-corrected chi connectivity index (χ3v) is 5.76. The van der Waals surface area contributed by atoms with E-state index in [2.05, 4.69) is 0 Å². The molecular weight excluding hydrogens is 371 g/mol. The van der Waals surface area contributed by atoms with Crippen molar-refractivity contribution in [2.24, 2.45) is 0 Å². The van der Waals surface area contributed by atoms with Gasteiger partial charge in [0.05, 0.1) is 17.0 Å². The van der Waals surface area contributed by atoms with Crippen LogP contribution < -0.4 is 9.47 Å². The molecule has 1 heterocycles. The van der Waals surface area contributed by atoms with Crippen LogP contribution in [0.15, 0.2) is 53.4 Å². The molecule has 0 radical (unpaired) electrons. The minimum Gasteiger partial charge on any atom is -0.486 e. The zero-order chi connectivity index (χ0) is 18.9. The number of fused-ring (bicyclic) bond motifs is 1. The molecule has 0 bridgehead atoms. The maximum Gasteiger partial charge on any atom is 0.416 e. The summed E-state index contributed by atoms with van der Waals surface area (Å²) < 4.78 is 75.3. The average Bonchev–Trinajstić information content (AvgIpc) is 2.61. The van der Waals surface area contributed by atoms with Crippen molar-refractivity contribution in [2.75, 3.05) is 20.2 Å². The molecule has 0 fully saturated rings. The van der Waals surface area contributed by atoms with Crippen molar-refractivity contribution in [3.63, 3.8) is 0 Å². The Balaban J connectivity index is 1.72. The highest BCUT2D eigenvalue weighted by Gasteiger charge is 2.32. The Morgan fingerprint density at radius 2 is 1.69 bits per heavy atom. The Hall–Kier alpha value is -2.26. The third kappa shape index (κ3) is 3.78. The molecule has 0 saturated heterocycles. The van der Waals surface area contributed by atoms with Gasteiger partial charge in [-0.3, -0.25) is 0 Å². The molecule has 0 amide bonds. The van der Waals surface area contributed by atoms with E-state index < -0.39 is 27.9 Å². The van der Waals surface area contributed by atoms with Gasteiger partial charge in [-0.05, 0) is 36.4 Å². The number of rotatable bonds is 4. The van der Waals surface area contributed by atoms with Crippen molar-refractivity contribution in [1.29, 1.82) is 0 Å². The van der Waals surface area contributed by atoms with Gasteiger partial charge >= 0.3 is 6.18 Å². The quantitative estimate of drug-likeness (QED) is 0.809. The second-order valence-corrected chi connectivity index (χ2v) is 7.85. The maximum atomic E-state index is 12.6. The van der Waals surface area contributed by atoms with Crippen LogP contribution in [0.1, 0.15) is 5.56 Å². The number of alkyl halides is 3. The molecule has 2 aromatic rings. The second kappa shape index (κ2) is 6.81. The normalized spacial score (nSPS) is 17.3. The van der Waals surface area contributed by atoms with Gasteiger partial charge in [-0.25, -0.2) is 8.42 Å². The van der Waals surface area contributed by atoms with Crippen molar-refractivity contribution in [1.82, 2.24) is 4.31 Å². The predicted octanol–water partition coefficient (Wildman–Crippen LogP) is 3.17. The highest BCUT2D eigenvalue weighted by atomic mass is 32.2. The van der Waals surface area contributed by atoms with E-state index >= 15 is 0 Å². The van der Waals surface area contributed by atoms with Gasteiger partial charge in [0.15, 0.2) is 11.5 Å². The lowest BCUT2D eigenvalue weighted by atomic mass is 10.2. The second-order valence-electron chi connectivity index (χ2n) is 5.81. The summed E-state index contributed by atoms with van der Waals surface area (Å²) in [6.07, 6.45) is -5.05. The van der Waals surface area contributed by atoms with Gasteiger partial charge in [-0.15, -0.1) is 0 Å². The molecule has 1 aliphatic rings. The fourth-order valence-electron chi connectivity index (χ4n) is 2.53. The number of likely N-dealkylation sites (N-methyl/N-ethyl adjacent to an activating group) is 1. The number of para-hydroxylation sites is 2. The Bertz CT molecular complexity index is 882. The molecule has 0 aromatic heterocycles. The molecule has 3 rings (SSSR count). The largest absolute Gasteiger partial charge is 0.486 e. The van der Waals surface area contributed by atoms with Crippen molar-refractivity contribution in [3.05, 3.63) is 54.1 Å². The number of halogens is 3. The highest BCUT2D eigenvalue weighted by Crippen LogP contribution is 2.32. The van der Waals surface area contributed by atoms with Gasteiger partial charge in [0.1, 0.15) is 12.7 Å². The zero-order valence-electron chi connectivity index (χ0n) is 13.7. The number of hydrogen-bond donors (Lipinski definition) is 0. The van der Waals surface area contributed by atoms with Gasteiger partial charge in [0, 0.05) is 7.05 Å². The summed E-state index contributed by atoms with van der Waals surface area (Å²) in [6.45, 7) is 0.168. The maximum absolute atomic E-state index is 12.6. The number of ether oxygens (including phenoxy) is 2. The van der Waals surface area contributed by atoms with Crippen LogP contribution in [0.3, 0.4) is 0 Å². The van der Waals surface area contributed by atoms with E-state index in [0.717, 1.165) is 28.6 Å². The molecule has 140 valence electrons. The van der Waals surface area contributed by atoms with Crippen LogP contribution in [0.25, 0.3) is 0 Å². The van der Waals surface area contributed by atoms with Gasteiger partial charge in [0.25, 0.3) is 0 Å². The summed E-state index contributed by atoms with van der Waals surface area (Å²) in [6, 6.07) is 10.4. The van der Waals surface area contributed by atoms with Crippen LogP contribution in [0.4, 0.5) is 13.2 Å². The summed E-state index contributed by atoms with van der Waals surface area (Å²) >= 11 is 0. The standard InChI is InChI=1S/C17H16F3NO4S/c1-21(10-13-11-24-15-4-2-3-5-16(15)25-13)26(22,23)14-8-6-12(7-9-14)17(18,19)20/h2-9,13H,10-11H2,1H3. The molecule has 0 aliphatic carbocycles. The average molecular weight is 387 g/mol. The van der Waals surface area contributed by atoms with E-state index in [1.807, 2.05) is 0 Å². The fourth-order valence-corrected chi connectivity index (χ4v) is 3.74. The summed E-state index contributed by atoms with van der Waals surface area (Å²) in [5.74, 6) is 1.10. The van der Waals surface area contributed by atoms with Crippen molar-refractivity contribution in [3.8, 4) is 11.5 Å². The van der Waals surface area contributed by atoms with E-state index in [4.69, 9.17) is 9.47 Å². The summed E-state index contributed by atoms with van der Waals surface area (Å²) in [5, 5.41) is 0. The van der Waals surface area contributed by atoms with Crippen LogP contribution in [-0.4, -0.2) is 39.0 Å². The van der Waals surface area contributed by atoms with Gasteiger partial charge in [-0.1, -0.05) is 12.1 Å². The predicted molar refractivity (Wildman–Crippen MR) is 87.6 cm³/mol. The summed E-state index contributed by atoms with van der Waals surface area (Å²) in [4.78, 5) is -0.217. The SMILES string of the molecule is CN(CC1COc2ccccc2O1)S(=O)(=O)c1ccc(C(F)(F)F)cc1. The van der Waals surface area contributed by atoms with E-state index in [1.54, 1.807) is 24.3 Å². The molecular formula is C17H16F3NO4S. The Kier molecular flexibility index (Phi) is 4.85. The molecule has 9 heteroatoms. The van der Waals surface area contributed by atoms with Crippen molar-refractivity contribution < 1.29 is 31.1 Å². The van der Waals surface area contributed by atoms with Crippen LogP contribution in [0.2, 0.25) is 0 Å². The van der Waals surface area contributed by atoms with E-state index in [1.165, 1.54) is 7.05 Å². The molecule has 2 aromatic carbocycles.